The highest BCUT2D eigenvalue weighted by molar-refractivity contribution is 4.57. The Kier molecular flexibility index (Phi) is 13.8. The van der Waals surface area contributed by atoms with Crippen molar-refractivity contribution in [1.29, 1.82) is 0 Å². The SMILES string of the molecule is CCCCCCCCCNCCC(O)COC. The number of hydrogen-bond donors (Lipinski definition) is 2. The molecule has 0 aromatic heterocycles. The fourth-order valence-corrected chi connectivity index (χ4v) is 1.88. The minimum Gasteiger partial charge on any atom is -0.391 e. The van der Waals surface area contributed by atoms with Gasteiger partial charge < -0.3 is 15.2 Å². The molecule has 0 spiro atoms. The zero-order valence-corrected chi connectivity index (χ0v) is 11.7. The third-order valence-electron chi connectivity index (χ3n) is 2.97. The third kappa shape index (κ3) is 13.8. The highest BCUT2D eigenvalue weighted by atomic mass is 16.5. The van der Waals surface area contributed by atoms with Gasteiger partial charge in [-0.15, -0.1) is 0 Å². The van der Waals surface area contributed by atoms with Crippen LogP contribution in [-0.2, 0) is 4.74 Å². The van der Waals surface area contributed by atoms with Crippen LogP contribution in [0.5, 0.6) is 0 Å². The summed E-state index contributed by atoms with van der Waals surface area (Å²) in [7, 11) is 1.62. The Morgan fingerprint density at radius 2 is 1.65 bits per heavy atom. The van der Waals surface area contributed by atoms with Gasteiger partial charge in [-0.25, -0.2) is 0 Å². The van der Waals surface area contributed by atoms with Crippen molar-refractivity contribution in [3.8, 4) is 0 Å². The Labute approximate surface area is 107 Å². The molecule has 0 aromatic carbocycles. The molecule has 0 aliphatic rings. The van der Waals surface area contributed by atoms with E-state index in [1.807, 2.05) is 0 Å². The van der Waals surface area contributed by atoms with Crippen molar-refractivity contribution in [2.75, 3.05) is 26.8 Å². The van der Waals surface area contributed by atoms with Gasteiger partial charge in [0, 0.05) is 7.11 Å². The minimum atomic E-state index is -0.318. The first-order chi connectivity index (χ1) is 8.31. The molecule has 0 fully saturated rings. The van der Waals surface area contributed by atoms with Crippen LogP contribution in [0.25, 0.3) is 0 Å². The molecule has 0 aliphatic heterocycles. The van der Waals surface area contributed by atoms with E-state index in [0.717, 1.165) is 19.5 Å². The van der Waals surface area contributed by atoms with Crippen molar-refractivity contribution in [3.63, 3.8) is 0 Å². The number of nitrogens with one attached hydrogen (secondary N) is 1. The quantitative estimate of drug-likeness (QED) is 0.490. The number of rotatable bonds is 13. The molecule has 0 aromatic rings. The summed E-state index contributed by atoms with van der Waals surface area (Å²) in [6.45, 7) is 4.66. The van der Waals surface area contributed by atoms with Crippen molar-refractivity contribution in [1.82, 2.24) is 5.32 Å². The Morgan fingerprint density at radius 3 is 2.29 bits per heavy atom. The van der Waals surface area contributed by atoms with E-state index >= 15 is 0 Å². The van der Waals surface area contributed by atoms with E-state index in [9.17, 15) is 5.11 Å². The third-order valence-corrected chi connectivity index (χ3v) is 2.97. The Hall–Kier alpha value is -0.120. The fourth-order valence-electron chi connectivity index (χ4n) is 1.88. The highest BCUT2D eigenvalue weighted by Gasteiger charge is 2.01. The summed E-state index contributed by atoms with van der Waals surface area (Å²) >= 11 is 0. The second kappa shape index (κ2) is 13.9. The summed E-state index contributed by atoms with van der Waals surface area (Å²) < 4.78 is 4.87. The van der Waals surface area contributed by atoms with E-state index in [0.29, 0.717) is 6.61 Å². The number of unbranched alkanes of at least 4 members (excludes halogenated alkanes) is 6. The lowest BCUT2D eigenvalue weighted by Crippen LogP contribution is -2.23. The van der Waals surface area contributed by atoms with Crippen molar-refractivity contribution in [2.45, 2.75) is 64.4 Å². The van der Waals surface area contributed by atoms with Gasteiger partial charge in [0.15, 0.2) is 0 Å². The normalized spacial score (nSPS) is 12.9. The summed E-state index contributed by atoms with van der Waals surface area (Å²) in [5.74, 6) is 0. The summed E-state index contributed by atoms with van der Waals surface area (Å²) in [5.41, 5.74) is 0. The molecule has 0 bridgehead atoms. The van der Waals surface area contributed by atoms with Crippen molar-refractivity contribution < 1.29 is 9.84 Å². The van der Waals surface area contributed by atoms with Gasteiger partial charge in [0.1, 0.15) is 0 Å². The Morgan fingerprint density at radius 1 is 1.00 bits per heavy atom. The molecule has 17 heavy (non-hydrogen) atoms. The second-order valence-corrected chi connectivity index (χ2v) is 4.77. The van der Waals surface area contributed by atoms with Crippen LogP contribution < -0.4 is 5.32 Å². The van der Waals surface area contributed by atoms with Gasteiger partial charge in [0.05, 0.1) is 12.7 Å². The Bertz CT molecular complexity index is 142. The molecule has 0 rings (SSSR count). The Balaban J connectivity index is 2.98. The smallest absolute Gasteiger partial charge is 0.0785 e. The average Bonchev–Trinajstić information content (AvgIpc) is 2.32. The summed E-state index contributed by atoms with van der Waals surface area (Å²) in [6.07, 6.45) is 9.91. The summed E-state index contributed by atoms with van der Waals surface area (Å²) in [4.78, 5) is 0. The highest BCUT2D eigenvalue weighted by Crippen LogP contribution is 2.06. The monoisotopic (exact) mass is 245 g/mol. The number of aliphatic hydroxyl groups is 1. The zero-order valence-electron chi connectivity index (χ0n) is 11.7. The van der Waals surface area contributed by atoms with Crippen molar-refractivity contribution in [2.24, 2.45) is 0 Å². The predicted molar refractivity (Wildman–Crippen MR) is 73.4 cm³/mol. The first-order valence-electron chi connectivity index (χ1n) is 7.19. The lowest BCUT2D eigenvalue weighted by Gasteiger charge is -2.09. The van der Waals surface area contributed by atoms with Gasteiger partial charge in [-0.2, -0.15) is 0 Å². The first kappa shape index (κ1) is 16.9. The molecule has 104 valence electrons. The van der Waals surface area contributed by atoms with E-state index in [-0.39, 0.29) is 6.10 Å². The van der Waals surface area contributed by atoms with Crippen LogP contribution in [0.15, 0.2) is 0 Å². The molecule has 2 N–H and O–H groups in total. The fraction of sp³-hybridized carbons (Fsp3) is 1.00. The van der Waals surface area contributed by atoms with Gasteiger partial charge in [-0.05, 0) is 25.9 Å². The molecule has 1 atom stereocenters. The van der Waals surface area contributed by atoms with E-state index in [1.54, 1.807) is 7.11 Å². The lowest BCUT2D eigenvalue weighted by molar-refractivity contribution is 0.0595. The molecular formula is C14H31NO2. The van der Waals surface area contributed by atoms with Crippen LogP contribution in [-0.4, -0.2) is 38.0 Å². The van der Waals surface area contributed by atoms with E-state index in [1.165, 1.54) is 44.9 Å². The van der Waals surface area contributed by atoms with Crippen LogP contribution in [0.2, 0.25) is 0 Å². The largest absolute Gasteiger partial charge is 0.391 e. The number of methoxy groups -OCH3 is 1. The topological polar surface area (TPSA) is 41.5 Å². The predicted octanol–water partition coefficient (Wildman–Crippen LogP) is 2.72. The van der Waals surface area contributed by atoms with Crippen LogP contribution >= 0.6 is 0 Å². The van der Waals surface area contributed by atoms with Crippen LogP contribution in [0.1, 0.15) is 58.3 Å². The first-order valence-corrected chi connectivity index (χ1v) is 7.19. The molecule has 0 saturated carbocycles. The van der Waals surface area contributed by atoms with Gasteiger partial charge in [0.2, 0.25) is 0 Å². The molecule has 3 nitrogen and oxygen atoms in total. The summed E-state index contributed by atoms with van der Waals surface area (Å²) in [6, 6.07) is 0. The van der Waals surface area contributed by atoms with Gasteiger partial charge >= 0.3 is 0 Å². The van der Waals surface area contributed by atoms with Crippen molar-refractivity contribution >= 4 is 0 Å². The molecule has 0 heterocycles. The van der Waals surface area contributed by atoms with Crippen LogP contribution in [0, 0.1) is 0 Å². The maximum Gasteiger partial charge on any atom is 0.0785 e. The van der Waals surface area contributed by atoms with Gasteiger partial charge in [-0.1, -0.05) is 45.4 Å². The second-order valence-electron chi connectivity index (χ2n) is 4.77. The standard InChI is InChI=1S/C14H31NO2/c1-3-4-5-6-7-8-9-11-15-12-10-14(16)13-17-2/h14-16H,3-13H2,1-2H3. The summed E-state index contributed by atoms with van der Waals surface area (Å²) in [5, 5.41) is 12.8. The van der Waals surface area contributed by atoms with Crippen LogP contribution in [0.4, 0.5) is 0 Å². The average molecular weight is 245 g/mol. The van der Waals surface area contributed by atoms with E-state index in [4.69, 9.17) is 4.74 Å². The lowest BCUT2D eigenvalue weighted by atomic mass is 10.1. The molecule has 3 heteroatoms. The van der Waals surface area contributed by atoms with Gasteiger partial charge in [0.25, 0.3) is 0 Å². The number of aliphatic hydroxyl groups excluding tert-OH is 1. The number of ether oxygens (including phenoxy) is 1. The molecule has 0 amide bonds. The maximum absolute atomic E-state index is 9.41. The van der Waals surface area contributed by atoms with E-state index < -0.39 is 0 Å². The number of hydrogen-bond acceptors (Lipinski definition) is 3. The van der Waals surface area contributed by atoms with Crippen molar-refractivity contribution in [3.05, 3.63) is 0 Å². The van der Waals surface area contributed by atoms with E-state index in [2.05, 4.69) is 12.2 Å². The minimum absolute atomic E-state index is 0.318. The molecular weight excluding hydrogens is 214 g/mol. The molecule has 0 saturated heterocycles. The maximum atomic E-state index is 9.41. The molecule has 0 radical (unpaired) electrons. The van der Waals surface area contributed by atoms with Gasteiger partial charge in [-0.3, -0.25) is 0 Å². The molecule has 0 aliphatic carbocycles. The zero-order chi connectivity index (χ0) is 12.8. The van der Waals surface area contributed by atoms with Crippen LogP contribution in [0.3, 0.4) is 0 Å². The molecule has 1 unspecified atom stereocenters.